The van der Waals surface area contributed by atoms with Crippen LogP contribution < -0.4 is 25.8 Å². The lowest BCUT2D eigenvalue weighted by Crippen LogP contribution is -2.39. The predicted molar refractivity (Wildman–Crippen MR) is 128 cm³/mol. The van der Waals surface area contributed by atoms with Crippen molar-refractivity contribution in [2.75, 3.05) is 19.5 Å². The summed E-state index contributed by atoms with van der Waals surface area (Å²) in [7, 11) is 2.99. The molecule has 3 rings (SSSR count). The van der Waals surface area contributed by atoms with E-state index in [-0.39, 0.29) is 5.84 Å². The van der Waals surface area contributed by atoms with Crippen LogP contribution in [-0.4, -0.2) is 37.0 Å². The molecule has 0 aliphatic heterocycles. The number of hydrogen-bond acceptors (Lipinski definition) is 6. The van der Waals surface area contributed by atoms with Crippen molar-refractivity contribution in [1.29, 1.82) is 5.41 Å². The highest BCUT2D eigenvalue weighted by atomic mass is 16.5. The summed E-state index contributed by atoms with van der Waals surface area (Å²) in [6.07, 6.45) is 0. The molecule has 0 fully saturated rings. The molecule has 0 aromatic heterocycles. The average Bonchev–Trinajstić information content (AvgIpc) is 2.85. The minimum Gasteiger partial charge on any atom is -0.497 e. The standard InChI is InChI=1S/C25H26N4O5/c1-33-19-12-17(13-20(14-19)34-2)21(28-18-10-8-16(9-11-18)23(26)27)24(30)29-22(25(31)32)15-6-4-3-5-7-15/h3-14,21-22,28H,1-2H3,(H3,26,27)(H,29,30)(H,31,32)/t21-,22-/m0/s1. The first-order valence-corrected chi connectivity index (χ1v) is 10.3. The third-order valence-corrected chi connectivity index (χ3v) is 5.14. The molecule has 0 radical (unpaired) electrons. The Labute approximate surface area is 197 Å². The molecular weight excluding hydrogens is 436 g/mol. The minimum absolute atomic E-state index is 0.0782. The third kappa shape index (κ3) is 5.83. The van der Waals surface area contributed by atoms with Crippen molar-refractivity contribution < 1.29 is 24.2 Å². The monoisotopic (exact) mass is 462 g/mol. The molecular formula is C25H26N4O5. The Morgan fingerprint density at radius 3 is 1.97 bits per heavy atom. The number of anilines is 1. The highest BCUT2D eigenvalue weighted by Gasteiger charge is 2.28. The van der Waals surface area contributed by atoms with Gasteiger partial charge in [-0.1, -0.05) is 30.3 Å². The van der Waals surface area contributed by atoms with E-state index < -0.39 is 24.0 Å². The van der Waals surface area contributed by atoms with Crippen LogP contribution in [0, 0.1) is 5.41 Å². The maximum atomic E-state index is 13.4. The van der Waals surface area contributed by atoms with Gasteiger partial charge in [0.15, 0.2) is 6.04 Å². The third-order valence-electron chi connectivity index (χ3n) is 5.14. The topological polar surface area (TPSA) is 147 Å². The van der Waals surface area contributed by atoms with Gasteiger partial charge in [0.25, 0.3) is 0 Å². The molecule has 1 amide bonds. The molecule has 0 unspecified atom stereocenters. The summed E-state index contributed by atoms with van der Waals surface area (Å²) in [5.41, 5.74) is 7.56. The normalized spacial score (nSPS) is 12.2. The lowest BCUT2D eigenvalue weighted by Gasteiger charge is -2.24. The molecule has 6 N–H and O–H groups in total. The summed E-state index contributed by atoms with van der Waals surface area (Å²) in [5.74, 6) is -0.891. The van der Waals surface area contributed by atoms with E-state index >= 15 is 0 Å². The smallest absolute Gasteiger partial charge is 0.330 e. The van der Waals surface area contributed by atoms with Gasteiger partial charge in [-0.05, 0) is 47.5 Å². The molecule has 9 heteroatoms. The number of carbonyl (C=O) groups excluding carboxylic acids is 1. The number of carbonyl (C=O) groups is 2. The van der Waals surface area contributed by atoms with Crippen LogP contribution in [0.1, 0.15) is 28.8 Å². The molecule has 176 valence electrons. The van der Waals surface area contributed by atoms with Crippen molar-refractivity contribution in [3.05, 3.63) is 89.5 Å². The number of benzene rings is 3. The summed E-state index contributed by atoms with van der Waals surface area (Å²) in [5, 5.41) is 23.1. The zero-order valence-electron chi connectivity index (χ0n) is 18.7. The quantitative estimate of drug-likeness (QED) is 0.230. The summed E-state index contributed by atoms with van der Waals surface area (Å²) in [6, 6.07) is 17.9. The number of rotatable bonds is 10. The second kappa shape index (κ2) is 10.9. The summed E-state index contributed by atoms with van der Waals surface area (Å²) < 4.78 is 10.7. The number of hydrogen-bond donors (Lipinski definition) is 5. The second-order valence-electron chi connectivity index (χ2n) is 7.40. The molecule has 0 saturated carbocycles. The highest BCUT2D eigenvalue weighted by Crippen LogP contribution is 2.29. The van der Waals surface area contributed by atoms with Crippen LogP contribution in [0.2, 0.25) is 0 Å². The number of carboxylic acids is 1. The Hall–Kier alpha value is -4.53. The SMILES string of the molecule is COc1cc(OC)cc([C@H](Nc2ccc(C(=N)N)cc2)C(=O)N[C@H](C(=O)O)c2ccccc2)c1. The fourth-order valence-corrected chi connectivity index (χ4v) is 3.37. The van der Waals surface area contributed by atoms with Crippen molar-refractivity contribution in [2.24, 2.45) is 5.73 Å². The number of carboxylic acid groups (broad SMARTS) is 1. The van der Waals surface area contributed by atoms with Gasteiger partial charge in [0.2, 0.25) is 5.91 Å². The molecule has 2 atom stereocenters. The van der Waals surface area contributed by atoms with Gasteiger partial charge < -0.3 is 30.9 Å². The highest BCUT2D eigenvalue weighted by molar-refractivity contribution is 5.95. The van der Waals surface area contributed by atoms with Crippen LogP contribution in [0.3, 0.4) is 0 Å². The number of methoxy groups -OCH3 is 2. The van der Waals surface area contributed by atoms with Crippen molar-refractivity contribution in [3.8, 4) is 11.5 Å². The van der Waals surface area contributed by atoms with Crippen LogP contribution in [0.25, 0.3) is 0 Å². The molecule has 0 saturated heterocycles. The fraction of sp³-hybridized carbons (Fsp3) is 0.160. The van der Waals surface area contributed by atoms with Crippen molar-refractivity contribution in [2.45, 2.75) is 12.1 Å². The van der Waals surface area contributed by atoms with E-state index in [4.69, 9.17) is 20.6 Å². The van der Waals surface area contributed by atoms with Crippen LogP contribution in [0.5, 0.6) is 11.5 Å². The van der Waals surface area contributed by atoms with Gasteiger partial charge in [-0.3, -0.25) is 10.2 Å². The number of ether oxygens (including phenoxy) is 2. The Bertz CT molecular complexity index is 1140. The number of amidine groups is 1. The van der Waals surface area contributed by atoms with Crippen LogP contribution in [0.15, 0.2) is 72.8 Å². The van der Waals surface area contributed by atoms with E-state index in [9.17, 15) is 14.7 Å². The molecule has 34 heavy (non-hydrogen) atoms. The van der Waals surface area contributed by atoms with E-state index in [1.165, 1.54) is 14.2 Å². The Morgan fingerprint density at radius 1 is 0.882 bits per heavy atom. The molecule has 3 aromatic rings. The molecule has 0 spiro atoms. The van der Waals surface area contributed by atoms with Gasteiger partial charge in [-0.25, -0.2) is 4.79 Å². The van der Waals surface area contributed by atoms with Crippen molar-refractivity contribution in [3.63, 3.8) is 0 Å². The van der Waals surface area contributed by atoms with Crippen LogP contribution in [-0.2, 0) is 9.59 Å². The van der Waals surface area contributed by atoms with Gasteiger partial charge >= 0.3 is 5.97 Å². The van der Waals surface area contributed by atoms with E-state index in [1.54, 1.807) is 72.8 Å². The Morgan fingerprint density at radius 2 is 1.47 bits per heavy atom. The first-order valence-electron chi connectivity index (χ1n) is 10.3. The minimum atomic E-state index is -1.24. The van der Waals surface area contributed by atoms with E-state index in [1.807, 2.05) is 0 Å². The maximum absolute atomic E-state index is 13.4. The molecule has 9 nitrogen and oxygen atoms in total. The molecule has 0 aliphatic rings. The summed E-state index contributed by atoms with van der Waals surface area (Å²) in [4.78, 5) is 25.4. The van der Waals surface area contributed by atoms with Gasteiger partial charge in [-0.2, -0.15) is 0 Å². The zero-order chi connectivity index (χ0) is 24.7. The second-order valence-corrected chi connectivity index (χ2v) is 7.40. The number of aliphatic carboxylic acids is 1. The molecule has 0 heterocycles. The number of amides is 1. The van der Waals surface area contributed by atoms with E-state index in [0.717, 1.165) is 0 Å². The fourth-order valence-electron chi connectivity index (χ4n) is 3.37. The van der Waals surface area contributed by atoms with Gasteiger partial charge in [0, 0.05) is 17.3 Å². The van der Waals surface area contributed by atoms with Gasteiger partial charge in [-0.15, -0.1) is 0 Å². The van der Waals surface area contributed by atoms with Gasteiger partial charge in [0.05, 0.1) is 14.2 Å². The molecule has 0 bridgehead atoms. The summed E-state index contributed by atoms with van der Waals surface area (Å²) in [6.45, 7) is 0. The summed E-state index contributed by atoms with van der Waals surface area (Å²) >= 11 is 0. The van der Waals surface area contributed by atoms with E-state index in [2.05, 4.69) is 10.6 Å². The molecule has 3 aromatic carbocycles. The number of nitrogens with two attached hydrogens (primary N) is 1. The number of nitrogen functional groups attached to an aromatic ring is 1. The predicted octanol–water partition coefficient (Wildman–Crippen LogP) is 3.08. The van der Waals surface area contributed by atoms with E-state index in [0.29, 0.717) is 33.9 Å². The van der Waals surface area contributed by atoms with Crippen molar-refractivity contribution in [1.82, 2.24) is 5.32 Å². The van der Waals surface area contributed by atoms with Crippen molar-refractivity contribution >= 4 is 23.4 Å². The molecule has 0 aliphatic carbocycles. The van der Waals surface area contributed by atoms with Crippen LogP contribution >= 0.6 is 0 Å². The van der Waals surface area contributed by atoms with Crippen LogP contribution in [0.4, 0.5) is 5.69 Å². The Balaban J connectivity index is 1.99. The lowest BCUT2D eigenvalue weighted by molar-refractivity contribution is -0.142. The Kier molecular flexibility index (Phi) is 7.71. The zero-order valence-corrected chi connectivity index (χ0v) is 18.7. The van der Waals surface area contributed by atoms with Gasteiger partial charge in [0.1, 0.15) is 23.4 Å². The maximum Gasteiger partial charge on any atom is 0.330 e. The lowest BCUT2D eigenvalue weighted by atomic mass is 10.0. The largest absolute Gasteiger partial charge is 0.497 e. The average molecular weight is 463 g/mol. The first-order chi connectivity index (χ1) is 16.3. The number of nitrogens with one attached hydrogen (secondary N) is 3. The first kappa shape index (κ1) is 24.1.